The maximum atomic E-state index is 11.4. The largest absolute Gasteiger partial charge is 0.507 e. The van der Waals surface area contributed by atoms with E-state index in [4.69, 9.17) is 4.74 Å². The number of carbonyl (C=O) groups excluding carboxylic acids is 2. The summed E-state index contributed by atoms with van der Waals surface area (Å²) in [7, 11) is 1.24. The Kier molecular flexibility index (Phi) is 5.60. The number of hydrogen-bond donors (Lipinski definition) is 1. The van der Waals surface area contributed by atoms with Crippen LogP contribution in [0.15, 0.2) is 24.3 Å². The van der Waals surface area contributed by atoms with Gasteiger partial charge in [0.2, 0.25) is 0 Å². The van der Waals surface area contributed by atoms with E-state index in [-0.39, 0.29) is 23.7 Å². The first kappa shape index (κ1) is 14.8. The smallest absolute Gasteiger partial charge is 0.341 e. The van der Waals surface area contributed by atoms with Crippen molar-refractivity contribution in [2.75, 3.05) is 13.7 Å². The van der Waals surface area contributed by atoms with Crippen molar-refractivity contribution in [1.29, 1.82) is 0 Å². The van der Waals surface area contributed by atoms with E-state index >= 15 is 0 Å². The molecule has 19 heavy (non-hydrogen) atoms. The summed E-state index contributed by atoms with van der Waals surface area (Å²) in [5, 5.41) is 9.52. The van der Waals surface area contributed by atoms with Gasteiger partial charge in [0.1, 0.15) is 11.3 Å². The van der Waals surface area contributed by atoms with Gasteiger partial charge in [-0.05, 0) is 24.6 Å². The van der Waals surface area contributed by atoms with E-state index in [2.05, 4.69) is 4.74 Å². The monoisotopic (exact) mass is 264 g/mol. The first-order valence-electron chi connectivity index (χ1n) is 5.82. The molecular formula is C14H16O5. The molecule has 0 fully saturated rings. The van der Waals surface area contributed by atoms with Crippen LogP contribution in [0.2, 0.25) is 0 Å². The Morgan fingerprint density at radius 1 is 1.37 bits per heavy atom. The van der Waals surface area contributed by atoms with Crippen molar-refractivity contribution >= 4 is 18.0 Å². The summed E-state index contributed by atoms with van der Waals surface area (Å²) in [4.78, 5) is 22.5. The van der Waals surface area contributed by atoms with Crippen LogP contribution in [0.4, 0.5) is 0 Å². The quantitative estimate of drug-likeness (QED) is 0.825. The number of carbonyl (C=O) groups is 2. The van der Waals surface area contributed by atoms with Gasteiger partial charge in [-0.15, -0.1) is 0 Å². The Balaban J connectivity index is 2.77. The average molecular weight is 264 g/mol. The summed E-state index contributed by atoms with van der Waals surface area (Å²) in [6.07, 6.45) is 3.45. The summed E-state index contributed by atoms with van der Waals surface area (Å²) in [5.41, 5.74) is 0.767. The third-order valence-electron chi connectivity index (χ3n) is 2.33. The minimum absolute atomic E-state index is 0.0841. The molecule has 0 amide bonds. The highest BCUT2D eigenvalue weighted by Gasteiger charge is 2.11. The molecule has 0 aliphatic carbocycles. The molecule has 1 aromatic rings. The zero-order chi connectivity index (χ0) is 14.3. The van der Waals surface area contributed by atoms with Crippen molar-refractivity contribution in [3.8, 4) is 5.75 Å². The topological polar surface area (TPSA) is 72.8 Å². The van der Waals surface area contributed by atoms with E-state index in [0.29, 0.717) is 12.2 Å². The van der Waals surface area contributed by atoms with Crippen LogP contribution in [0, 0.1) is 0 Å². The molecule has 0 saturated carbocycles. The molecule has 0 atom stereocenters. The van der Waals surface area contributed by atoms with E-state index in [1.807, 2.05) is 0 Å². The third-order valence-corrected chi connectivity index (χ3v) is 2.33. The van der Waals surface area contributed by atoms with Crippen molar-refractivity contribution in [3.63, 3.8) is 0 Å². The molecule has 0 saturated heterocycles. The summed E-state index contributed by atoms with van der Waals surface area (Å²) in [6.45, 7) is 2.09. The van der Waals surface area contributed by atoms with Crippen LogP contribution in [0.5, 0.6) is 5.75 Å². The predicted molar refractivity (Wildman–Crippen MR) is 69.7 cm³/mol. The van der Waals surface area contributed by atoms with Crippen LogP contribution in [0.1, 0.15) is 29.3 Å². The Bertz CT molecular complexity index is 491. The zero-order valence-corrected chi connectivity index (χ0v) is 10.9. The molecule has 0 bridgehead atoms. The zero-order valence-electron chi connectivity index (χ0n) is 10.9. The molecule has 5 nitrogen and oxygen atoms in total. The van der Waals surface area contributed by atoms with Crippen LogP contribution < -0.4 is 0 Å². The Morgan fingerprint density at radius 3 is 2.74 bits per heavy atom. The highest BCUT2D eigenvalue weighted by molar-refractivity contribution is 5.93. The van der Waals surface area contributed by atoms with Gasteiger partial charge in [-0.2, -0.15) is 0 Å². The molecule has 0 aromatic heterocycles. The third kappa shape index (κ3) is 4.46. The number of ether oxygens (including phenoxy) is 2. The first-order chi connectivity index (χ1) is 9.08. The molecular weight excluding hydrogens is 248 g/mol. The molecule has 5 heteroatoms. The lowest BCUT2D eigenvalue weighted by Crippen LogP contribution is -2.02. The second kappa shape index (κ2) is 7.20. The molecule has 0 heterocycles. The van der Waals surface area contributed by atoms with Gasteiger partial charge < -0.3 is 14.6 Å². The van der Waals surface area contributed by atoms with Crippen molar-refractivity contribution in [2.45, 2.75) is 13.3 Å². The number of benzene rings is 1. The molecule has 0 aliphatic heterocycles. The standard InChI is InChI=1S/C14H16O5/c1-3-19-13(16)6-4-5-10-7-8-12(15)11(9-10)14(17)18-2/h4-5,7-9,15H,3,6H2,1-2H3. The fourth-order valence-electron chi connectivity index (χ4n) is 1.44. The summed E-state index contributed by atoms with van der Waals surface area (Å²) in [5.74, 6) is -1.07. The number of rotatable bonds is 5. The van der Waals surface area contributed by atoms with Crippen LogP contribution in [-0.4, -0.2) is 30.8 Å². The Morgan fingerprint density at radius 2 is 2.11 bits per heavy atom. The molecule has 0 spiro atoms. The lowest BCUT2D eigenvalue weighted by atomic mass is 10.1. The summed E-state index contributed by atoms with van der Waals surface area (Å²) in [6, 6.07) is 4.52. The van der Waals surface area contributed by atoms with Crippen LogP contribution in [0.3, 0.4) is 0 Å². The fourth-order valence-corrected chi connectivity index (χ4v) is 1.44. The van der Waals surface area contributed by atoms with Crippen LogP contribution in [0.25, 0.3) is 6.08 Å². The van der Waals surface area contributed by atoms with E-state index in [9.17, 15) is 14.7 Å². The average Bonchev–Trinajstić information content (AvgIpc) is 2.40. The number of phenolic OH excluding ortho intramolecular Hbond substituents is 1. The lowest BCUT2D eigenvalue weighted by Gasteiger charge is -2.03. The highest BCUT2D eigenvalue weighted by atomic mass is 16.5. The fraction of sp³-hybridized carbons (Fsp3) is 0.286. The van der Waals surface area contributed by atoms with Crippen molar-refractivity contribution in [3.05, 3.63) is 35.4 Å². The Labute approximate surface area is 111 Å². The molecule has 0 radical (unpaired) electrons. The second-order valence-corrected chi connectivity index (χ2v) is 3.68. The molecule has 0 unspecified atom stereocenters. The van der Waals surface area contributed by atoms with E-state index in [1.165, 1.54) is 19.2 Å². The molecule has 1 aromatic carbocycles. The number of methoxy groups -OCH3 is 1. The van der Waals surface area contributed by atoms with Crippen LogP contribution >= 0.6 is 0 Å². The number of phenols is 1. The van der Waals surface area contributed by atoms with Gasteiger partial charge in [-0.3, -0.25) is 4.79 Å². The molecule has 1 N–H and O–H groups in total. The van der Waals surface area contributed by atoms with Gasteiger partial charge in [-0.25, -0.2) is 4.79 Å². The maximum Gasteiger partial charge on any atom is 0.341 e. The van der Waals surface area contributed by atoms with Gasteiger partial charge in [0.15, 0.2) is 0 Å². The van der Waals surface area contributed by atoms with Crippen molar-refractivity contribution < 1.29 is 24.2 Å². The number of aromatic hydroxyl groups is 1. The Hall–Kier alpha value is -2.30. The normalized spacial score (nSPS) is 10.4. The van der Waals surface area contributed by atoms with Gasteiger partial charge in [0.25, 0.3) is 0 Å². The summed E-state index contributed by atoms with van der Waals surface area (Å²) >= 11 is 0. The summed E-state index contributed by atoms with van der Waals surface area (Å²) < 4.78 is 9.32. The minimum Gasteiger partial charge on any atom is -0.507 e. The van der Waals surface area contributed by atoms with E-state index in [0.717, 1.165) is 0 Å². The number of esters is 2. The number of hydrogen-bond acceptors (Lipinski definition) is 5. The molecule has 0 aliphatic rings. The van der Waals surface area contributed by atoms with Gasteiger partial charge in [0.05, 0.1) is 20.1 Å². The van der Waals surface area contributed by atoms with Gasteiger partial charge >= 0.3 is 11.9 Å². The maximum absolute atomic E-state index is 11.4. The van der Waals surface area contributed by atoms with E-state index < -0.39 is 5.97 Å². The second-order valence-electron chi connectivity index (χ2n) is 3.68. The minimum atomic E-state index is -0.613. The lowest BCUT2D eigenvalue weighted by molar-refractivity contribution is -0.142. The predicted octanol–water partition coefficient (Wildman–Crippen LogP) is 2.15. The SMILES string of the molecule is CCOC(=O)CC=Cc1ccc(O)c(C(=O)OC)c1. The molecule has 102 valence electrons. The first-order valence-corrected chi connectivity index (χ1v) is 5.82. The van der Waals surface area contributed by atoms with Crippen molar-refractivity contribution in [1.82, 2.24) is 0 Å². The van der Waals surface area contributed by atoms with Crippen molar-refractivity contribution in [2.24, 2.45) is 0 Å². The van der Waals surface area contributed by atoms with E-state index in [1.54, 1.807) is 25.1 Å². The van der Waals surface area contributed by atoms with Gasteiger partial charge in [0, 0.05) is 0 Å². The molecule has 1 rings (SSSR count). The highest BCUT2D eigenvalue weighted by Crippen LogP contribution is 2.20. The van der Waals surface area contributed by atoms with Crippen LogP contribution in [-0.2, 0) is 14.3 Å². The van der Waals surface area contributed by atoms with Gasteiger partial charge in [-0.1, -0.05) is 18.2 Å².